The lowest BCUT2D eigenvalue weighted by atomic mass is 9.99. The van der Waals surface area contributed by atoms with Crippen molar-refractivity contribution >= 4 is 48.3 Å². The minimum absolute atomic E-state index is 0.695. The highest BCUT2D eigenvalue weighted by atomic mass is 16.1. The molecule has 2 fully saturated rings. The van der Waals surface area contributed by atoms with E-state index in [4.69, 9.17) is 0 Å². The molecule has 0 radical (unpaired) electrons. The molecular formula is C34H36N2O2. The van der Waals surface area contributed by atoms with Gasteiger partial charge in [-0.1, -0.05) is 72.8 Å². The van der Waals surface area contributed by atoms with Gasteiger partial charge in [-0.3, -0.25) is 9.59 Å². The lowest BCUT2D eigenvalue weighted by Crippen LogP contribution is -2.32. The van der Waals surface area contributed by atoms with Crippen molar-refractivity contribution in [1.82, 2.24) is 0 Å². The molecule has 0 atom stereocenters. The fraction of sp³-hybridized carbons (Fsp3) is 0.294. The number of piperidine rings is 2. The van der Waals surface area contributed by atoms with Crippen LogP contribution in [0.5, 0.6) is 0 Å². The van der Waals surface area contributed by atoms with E-state index in [1.807, 2.05) is 48.5 Å². The number of hydrogen-bond acceptors (Lipinski definition) is 4. The van der Waals surface area contributed by atoms with Gasteiger partial charge in [-0.25, -0.2) is 0 Å². The molecule has 0 aliphatic carbocycles. The molecule has 0 aromatic heterocycles. The highest BCUT2D eigenvalue weighted by molar-refractivity contribution is 5.87. The predicted molar refractivity (Wildman–Crippen MR) is 160 cm³/mol. The number of benzene rings is 3. The molecule has 194 valence electrons. The Hall–Kier alpha value is -3.92. The van der Waals surface area contributed by atoms with Gasteiger partial charge in [-0.15, -0.1) is 0 Å². The third-order valence-electron chi connectivity index (χ3n) is 7.63. The van der Waals surface area contributed by atoms with E-state index in [1.54, 1.807) is 0 Å². The maximum atomic E-state index is 11.1. The summed E-state index contributed by atoms with van der Waals surface area (Å²) in [5.41, 5.74) is 8.59. The Morgan fingerprint density at radius 2 is 0.789 bits per heavy atom. The molecule has 38 heavy (non-hydrogen) atoms. The predicted octanol–water partition coefficient (Wildman–Crippen LogP) is 7.63. The van der Waals surface area contributed by atoms with Gasteiger partial charge in [0.1, 0.15) is 12.6 Å². The second-order valence-electron chi connectivity index (χ2n) is 10.3. The van der Waals surface area contributed by atoms with Gasteiger partial charge in [-0.2, -0.15) is 0 Å². The first kappa shape index (κ1) is 25.7. The molecule has 0 saturated carbocycles. The van der Waals surface area contributed by atoms with Gasteiger partial charge in [0.25, 0.3) is 0 Å². The molecule has 5 rings (SSSR count). The fourth-order valence-electron chi connectivity index (χ4n) is 5.44. The maximum Gasteiger partial charge on any atom is 0.150 e. The molecule has 0 bridgehead atoms. The van der Waals surface area contributed by atoms with Crippen molar-refractivity contribution in [2.45, 2.75) is 38.5 Å². The molecule has 3 aromatic carbocycles. The Labute approximate surface area is 226 Å². The number of rotatable bonds is 8. The summed E-state index contributed by atoms with van der Waals surface area (Å²) >= 11 is 0. The molecule has 0 amide bonds. The highest BCUT2D eigenvalue weighted by Gasteiger charge is 2.19. The zero-order chi connectivity index (χ0) is 26.2. The van der Waals surface area contributed by atoms with E-state index in [-0.39, 0.29) is 0 Å². The standard InChI is InChI=1S/C34H36N2O2/c37-25-29-11-7-27(8-12-29)15-17-31-24-34(36-21-5-2-6-22-36)32(23-33(31)35-19-3-1-4-20-35)18-16-28-9-13-30(26-38)14-10-28/h7-18,23-26H,1-6,19-22H2/b17-15+,18-16+. The van der Waals surface area contributed by atoms with E-state index >= 15 is 0 Å². The average molecular weight is 505 g/mol. The monoisotopic (exact) mass is 504 g/mol. The molecule has 0 unspecified atom stereocenters. The molecule has 2 aliphatic rings. The summed E-state index contributed by atoms with van der Waals surface area (Å²) in [4.78, 5) is 27.2. The first-order valence-corrected chi connectivity index (χ1v) is 13.9. The summed E-state index contributed by atoms with van der Waals surface area (Å²) in [5.74, 6) is 0. The summed E-state index contributed by atoms with van der Waals surface area (Å²) in [7, 11) is 0. The summed E-state index contributed by atoms with van der Waals surface area (Å²) in [6, 6.07) is 20.2. The molecule has 0 spiro atoms. The largest absolute Gasteiger partial charge is 0.371 e. The van der Waals surface area contributed by atoms with Crippen LogP contribution >= 0.6 is 0 Å². The quantitative estimate of drug-likeness (QED) is 0.234. The Morgan fingerprint density at radius 1 is 0.447 bits per heavy atom. The zero-order valence-electron chi connectivity index (χ0n) is 22.0. The van der Waals surface area contributed by atoms with Crippen LogP contribution in [0.25, 0.3) is 24.3 Å². The van der Waals surface area contributed by atoms with Crippen molar-refractivity contribution < 1.29 is 9.59 Å². The molecule has 2 heterocycles. The van der Waals surface area contributed by atoms with Crippen LogP contribution < -0.4 is 9.80 Å². The van der Waals surface area contributed by atoms with Gasteiger partial charge in [0.05, 0.1) is 0 Å². The average Bonchev–Trinajstić information content (AvgIpc) is 3.00. The third kappa shape index (κ3) is 6.31. The van der Waals surface area contributed by atoms with Gasteiger partial charge in [0, 0.05) is 48.7 Å². The fourth-order valence-corrected chi connectivity index (χ4v) is 5.44. The van der Waals surface area contributed by atoms with Crippen molar-refractivity contribution in [2.24, 2.45) is 0 Å². The van der Waals surface area contributed by atoms with Crippen LogP contribution in [0.4, 0.5) is 11.4 Å². The van der Waals surface area contributed by atoms with E-state index in [0.717, 1.165) is 49.9 Å². The molecule has 0 N–H and O–H groups in total. The van der Waals surface area contributed by atoms with Crippen LogP contribution in [0.3, 0.4) is 0 Å². The number of aldehydes is 2. The Balaban J connectivity index is 1.56. The van der Waals surface area contributed by atoms with Crippen LogP contribution in [-0.2, 0) is 0 Å². The number of carbonyl (C=O) groups excluding carboxylic acids is 2. The Kier molecular flexibility index (Phi) is 8.49. The Morgan fingerprint density at radius 3 is 1.13 bits per heavy atom. The summed E-state index contributed by atoms with van der Waals surface area (Å²) in [6.07, 6.45) is 18.0. The van der Waals surface area contributed by atoms with Crippen molar-refractivity contribution in [3.8, 4) is 0 Å². The van der Waals surface area contributed by atoms with Crippen LogP contribution in [-0.4, -0.2) is 38.8 Å². The van der Waals surface area contributed by atoms with E-state index in [9.17, 15) is 9.59 Å². The molecule has 2 aliphatic heterocycles. The van der Waals surface area contributed by atoms with Crippen molar-refractivity contribution in [2.75, 3.05) is 36.0 Å². The van der Waals surface area contributed by atoms with E-state index in [1.165, 1.54) is 61.0 Å². The van der Waals surface area contributed by atoms with Crippen LogP contribution in [0.15, 0.2) is 60.7 Å². The van der Waals surface area contributed by atoms with Gasteiger partial charge < -0.3 is 9.80 Å². The topological polar surface area (TPSA) is 40.6 Å². The third-order valence-corrected chi connectivity index (χ3v) is 7.63. The van der Waals surface area contributed by atoms with Crippen molar-refractivity contribution in [3.63, 3.8) is 0 Å². The summed E-state index contributed by atoms with van der Waals surface area (Å²) < 4.78 is 0. The van der Waals surface area contributed by atoms with Gasteiger partial charge in [-0.05, 0) is 72.9 Å². The first-order valence-electron chi connectivity index (χ1n) is 13.9. The smallest absolute Gasteiger partial charge is 0.150 e. The molecule has 2 saturated heterocycles. The lowest BCUT2D eigenvalue weighted by molar-refractivity contribution is 0.111. The molecule has 4 heteroatoms. The second-order valence-corrected chi connectivity index (χ2v) is 10.3. The SMILES string of the molecule is O=Cc1ccc(/C=C/c2cc(N3CCCCC3)c(/C=C/c3ccc(C=O)cc3)cc2N2CCCCC2)cc1. The maximum absolute atomic E-state index is 11.1. The summed E-state index contributed by atoms with van der Waals surface area (Å²) in [5, 5.41) is 0. The number of carbonyl (C=O) groups is 2. The van der Waals surface area contributed by atoms with Crippen molar-refractivity contribution in [1.29, 1.82) is 0 Å². The van der Waals surface area contributed by atoms with Crippen LogP contribution in [0, 0.1) is 0 Å². The minimum atomic E-state index is 0.695. The highest BCUT2D eigenvalue weighted by Crippen LogP contribution is 2.36. The van der Waals surface area contributed by atoms with Gasteiger partial charge in [0.2, 0.25) is 0 Å². The minimum Gasteiger partial charge on any atom is -0.371 e. The van der Waals surface area contributed by atoms with Gasteiger partial charge in [0.15, 0.2) is 0 Å². The number of nitrogens with zero attached hydrogens (tertiary/aromatic N) is 2. The van der Waals surface area contributed by atoms with E-state index < -0.39 is 0 Å². The Bertz CT molecular complexity index is 1190. The van der Waals surface area contributed by atoms with E-state index in [0.29, 0.717) is 11.1 Å². The van der Waals surface area contributed by atoms with Gasteiger partial charge >= 0.3 is 0 Å². The van der Waals surface area contributed by atoms with Crippen LogP contribution in [0.2, 0.25) is 0 Å². The van der Waals surface area contributed by atoms with Crippen molar-refractivity contribution in [3.05, 3.63) is 94.0 Å². The molecule has 4 nitrogen and oxygen atoms in total. The normalized spacial score (nSPS) is 16.3. The van der Waals surface area contributed by atoms with Crippen LogP contribution in [0.1, 0.15) is 81.5 Å². The van der Waals surface area contributed by atoms with E-state index in [2.05, 4.69) is 46.2 Å². The number of hydrogen-bond donors (Lipinski definition) is 0. The first-order chi connectivity index (χ1) is 18.7. The molecular weight excluding hydrogens is 468 g/mol. The lowest BCUT2D eigenvalue weighted by Gasteiger charge is -2.34. The number of anilines is 2. The zero-order valence-corrected chi connectivity index (χ0v) is 22.0. The molecule has 3 aromatic rings. The summed E-state index contributed by atoms with van der Waals surface area (Å²) in [6.45, 7) is 4.31. The second kappa shape index (κ2) is 12.6.